The molecule has 0 aromatic carbocycles. The van der Waals surface area contributed by atoms with E-state index in [0.717, 1.165) is 13.0 Å². The van der Waals surface area contributed by atoms with Crippen molar-refractivity contribution in [2.24, 2.45) is 0 Å². The molecule has 11 heavy (non-hydrogen) atoms. The predicted octanol–water partition coefficient (Wildman–Crippen LogP) is -1.00. The minimum atomic E-state index is 0.0339. The van der Waals surface area contributed by atoms with E-state index in [2.05, 4.69) is 0 Å². The summed E-state index contributed by atoms with van der Waals surface area (Å²) >= 11 is 0. The van der Waals surface area contributed by atoms with Crippen LogP contribution in [0.15, 0.2) is 0 Å². The molecule has 0 rings (SSSR count). The molecule has 0 aliphatic rings. The molecule has 0 aromatic rings. The van der Waals surface area contributed by atoms with Crippen molar-refractivity contribution >= 4 is 6.41 Å². The van der Waals surface area contributed by atoms with E-state index in [-0.39, 0.29) is 6.61 Å². The first-order valence-electron chi connectivity index (χ1n) is 3.65. The van der Waals surface area contributed by atoms with Crippen LogP contribution in [0.2, 0.25) is 0 Å². The molecule has 0 bridgehead atoms. The second kappa shape index (κ2) is 6.12. The first kappa shape index (κ1) is 10.4. The lowest BCUT2D eigenvalue weighted by atomic mass is 10.5. The van der Waals surface area contributed by atoms with Crippen LogP contribution >= 0.6 is 0 Å². The van der Waals surface area contributed by atoms with Gasteiger partial charge < -0.3 is 14.9 Å². The van der Waals surface area contributed by atoms with Crippen molar-refractivity contribution < 1.29 is 9.90 Å². The van der Waals surface area contributed by atoms with Crippen LogP contribution in [0.3, 0.4) is 0 Å². The Kier molecular flexibility index (Phi) is 5.78. The van der Waals surface area contributed by atoms with Gasteiger partial charge in [-0.05, 0) is 14.1 Å². The molecule has 4 heteroatoms. The Morgan fingerprint density at radius 1 is 1.27 bits per heavy atom. The van der Waals surface area contributed by atoms with Gasteiger partial charge in [0.1, 0.15) is 0 Å². The number of rotatable bonds is 6. The summed E-state index contributed by atoms with van der Waals surface area (Å²) in [7, 11) is 3.89. The largest absolute Gasteiger partial charge is 0.395 e. The van der Waals surface area contributed by atoms with Crippen LogP contribution in [0.25, 0.3) is 0 Å². The van der Waals surface area contributed by atoms with Gasteiger partial charge in [0.05, 0.1) is 6.61 Å². The molecule has 0 saturated carbocycles. The van der Waals surface area contributed by atoms with Crippen LogP contribution in [-0.2, 0) is 4.79 Å². The van der Waals surface area contributed by atoms with Crippen LogP contribution in [-0.4, -0.2) is 61.7 Å². The highest BCUT2D eigenvalue weighted by Gasteiger charge is 1.99. The van der Waals surface area contributed by atoms with E-state index in [1.54, 1.807) is 4.90 Å². The Balaban J connectivity index is 3.43. The van der Waals surface area contributed by atoms with Crippen LogP contribution < -0.4 is 0 Å². The monoisotopic (exact) mass is 160 g/mol. The highest BCUT2D eigenvalue weighted by molar-refractivity contribution is 5.46. The zero-order valence-corrected chi connectivity index (χ0v) is 7.16. The van der Waals surface area contributed by atoms with Crippen molar-refractivity contribution in [2.45, 2.75) is 0 Å². The summed E-state index contributed by atoms with van der Waals surface area (Å²) in [5.41, 5.74) is 0. The third kappa shape index (κ3) is 5.82. The van der Waals surface area contributed by atoms with Gasteiger partial charge in [0.15, 0.2) is 0 Å². The van der Waals surface area contributed by atoms with Crippen LogP contribution in [0.5, 0.6) is 0 Å². The van der Waals surface area contributed by atoms with E-state index in [0.29, 0.717) is 13.1 Å². The Bertz CT molecular complexity index is 107. The van der Waals surface area contributed by atoms with E-state index < -0.39 is 0 Å². The summed E-state index contributed by atoms with van der Waals surface area (Å²) < 4.78 is 0. The number of hydrogen-bond acceptors (Lipinski definition) is 3. The quantitative estimate of drug-likeness (QED) is 0.507. The summed E-state index contributed by atoms with van der Waals surface area (Å²) in [5, 5.41) is 8.52. The summed E-state index contributed by atoms with van der Waals surface area (Å²) in [5.74, 6) is 0. The predicted molar refractivity (Wildman–Crippen MR) is 43.3 cm³/mol. The minimum Gasteiger partial charge on any atom is -0.395 e. The smallest absolute Gasteiger partial charge is 0.209 e. The molecule has 0 unspecified atom stereocenters. The van der Waals surface area contributed by atoms with Gasteiger partial charge >= 0.3 is 0 Å². The number of carbonyl (C=O) groups excluding carboxylic acids is 1. The molecule has 1 N–H and O–H groups in total. The standard InChI is InChI=1S/C7H16N2O2/c1-8(2)3-4-9(7-11)5-6-10/h7,10H,3-6H2,1-2H3. The molecule has 0 saturated heterocycles. The van der Waals surface area contributed by atoms with Crippen molar-refractivity contribution in [3.05, 3.63) is 0 Å². The molecular formula is C7H16N2O2. The van der Waals surface area contributed by atoms with Gasteiger partial charge in [-0.25, -0.2) is 0 Å². The lowest BCUT2D eigenvalue weighted by molar-refractivity contribution is -0.118. The fourth-order valence-electron chi connectivity index (χ4n) is 0.674. The summed E-state index contributed by atoms with van der Waals surface area (Å²) in [6.07, 6.45) is 0.764. The van der Waals surface area contributed by atoms with E-state index in [9.17, 15) is 4.79 Å². The molecule has 0 atom stereocenters. The number of nitrogens with zero attached hydrogens (tertiary/aromatic N) is 2. The number of hydrogen-bond donors (Lipinski definition) is 1. The highest BCUT2D eigenvalue weighted by Crippen LogP contribution is 1.82. The average Bonchev–Trinajstić information content (AvgIpc) is 1.97. The number of aliphatic hydroxyl groups excluding tert-OH is 1. The van der Waals surface area contributed by atoms with Gasteiger partial charge in [0, 0.05) is 19.6 Å². The maximum atomic E-state index is 10.3. The summed E-state index contributed by atoms with van der Waals surface area (Å²) in [6.45, 7) is 1.97. The van der Waals surface area contributed by atoms with Crippen molar-refractivity contribution in [1.82, 2.24) is 9.80 Å². The molecule has 0 heterocycles. The number of amides is 1. The Hall–Kier alpha value is -0.610. The molecule has 4 nitrogen and oxygen atoms in total. The molecular weight excluding hydrogens is 144 g/mol. The molecule has 66 valence electrons. The van der Waals surface area contributed by atoms with E-state index >= 15 is 0 Å². The molecule has 0 spiro atoms. The van der Waals surface area contributed by atoms with Gasteiger partial charge in [0.25, 0.3) is 0 Å². The van der Waals surface area contributed by atoms with Gasteiger partial charge in [-0.1, -0.05) is 0 Å². The van der Waals surface area contributed by atoms with E-state index in [4.69, 9.17) is 5.11 Å². The molecule has 0 aromatic heterocycles. The lowest BCUT2D eigenvalue weighted by Crippen LogP contribution is -2.32. The maximum Gasteiger partial charge on any atom is 0.209 e. The topological polar surface area (TPSA) is 43.8 Å². The molecule has 1 amide bonds. The number of carbonyl (C=O) groups is 1. The van der Waals surface area contributed by atoms with E-state index in [1.807, 2.05) is 19.0 Å². The molecule has 0 fully saturated rings. The van der Waals surface area contributed by atoms with E-state index in [1.165, 1.54) is 0 Å². The third-order valence-electron chi connectivity index (χ3n) is 1.37. The first-order valence-corrected chi connectivity index (χ1v) is 3.65. The SMILES string of the molecule is CN(C)CCN(C=O)CCO. The van der Waals surface area contributed by atoms with Crippen molar-refractivity contribution in [3.63, 3.8) is 0 Å². The van der Waals surface area contributed by atoms with Crippen molar-refractivity contribution in [1.29, 1.82) is 0 Å². The Labute approximate surface area is 67.4 Å². The van der Waals surface area contributed by atoms with Crippen molar-refractivity contribution in [3.8, 4) is 0 Å². The van der Waals surface area contributed by atoms with Crippen LogP contribution in [0.4, 0.5) is 0 Å². The Morgan fingerprint density at radius 3 is 2.27 bits per heavy atom. The van der Waals surface area contributed by atoms with Gasteiger partial charge in [0.2, 0.25) is 6.41 Å². The zero-order valence-electron chi connectivity index (χ0n) is 7.16. The van der Waals surface area contributed by atoms with Crippen LogP contribution in [0.1, 0.15) is 0 Å². The number of likely N-dealkylation sites (N-methyl/N-ethyl adjacent to an activating group) is 1. The van der Waals surface area contributed by atoms with Gasteiger partial charge in [-0.2, -0.15) is 0 Å². The maximum absolute atomic E-state index is 10.3. The molecule has 0 radical (unpaired) electrons. The van der Waals surface area contributed by atoms with Gasteiger partial charge in [-0.3, -0.25) is 4.79 Å². The fourth-order valence-corrected chi connectivity index (χ4v) is 0.674. The lowest BCUT2D eigenvalue weighted by Gasteiger charge is -2.18. The molecule has 0 aliphatic carbocycles. The van der Waals surface area contributed by atoms with Gasteiger partial charge in [-0.15, -0.1) is 0 Å². The van der Waals surface area contributed by atoms with Crippen molar-refractivity contribution in [2.75, 3.05) is 40.3 Å². The fraction of sp³-hybridized carbons (Fsp3) is 0.857. The highest BCUT2D eigenvalue weighted by atomic mass is 16.3. The summed E-state index contributed by atoms with van der Waals surface area (Å²) in [6, 6.07) is 0. The van der Waals surface area contributed by atoms with Crippen LogP contribution in [0, 0.1) is 0 Å². The minimum absolute atomic E-state index is 0.0339. The average molecular weight is 160 g/mol. The third-order valence-corrected chi connectivity index (χ3v) is 1.37. The second-order valence-corrected chi connectivity index (χ2v) is 2.67. The normalized spacial score (nSPS) is 10.2. The Morgan fingerprint density at radius 2 is 1.91 bits per heavy atom. The number of aliphatic hydroxyl groups is 1. The first-order chi connectivity index (χ1) is 5.20. The summed E-state index contributed by atoms with van der Waals surface area (Å²) in [4.78, 5) is 13.9. The second-order valence-electron chi connectivity index (χ2n) is 2.67. The molecule has 0 aliphatic heterocycles. The zero-order chi connectivity index (χ0) is 8.69.